The molecule has 31 heavy (non-hydrogen) atoms. The lowest BCUT2D eigenvalue weighted by molar-refractivity contribution is -0.116. The quantitative estimate of drug-likeness (QED) is 0.489. The summed E-state index contributed by atoms with van der Waals surface area (Å²) in [6.45, 7) is 2.32. The van der Waals surface area contributed by atoms with Crippen LogP contribution in [0.1, 0.15) is 21.7 Å². The summed E-state index contributed by atoms with van der Waals surface area (Å²) in [4.78, 5) is 13.3. The molecular weight excluding hydrogens is 410 g/mol. The van der Waals surface area contributed by atoms with E-state index in [4.69, 9.17) is 4.74 Å². The van der Waals surface area contributed by atoms with Crippen molar-refractivity contribution >= 4 is 40.1 Å². The number of fused-ring (bicyclic) bond motifs is 1. The van der Waals surface area contributed by atoms with Gasteiger partial charge in [-0.25, -0.2) is 5.43 Å². The molecular formula is C23H19N5O2S. The van der Waals surface area contributed by atoms with Crippen LogP contribution in [0.3, 0.4) is 0 Å². The third kappa shape index (κ3) is 3.51. The number of hydrogen-bond acceptors (Lipinski definition) is 6. The molecule has 7 nitrogen and oxygen atoms in total. The zero-order chi connectivity index (χ0) is 21.4. The van der Waals surface area contributed by atoms with Crippen molar-refractivity contribution in [1.82, 2.24) is 19.6 Å². The molecule has 1 amide bonds. The number of ether oxygens (including phenoxy) is 1. The van der Waals surface area contributed by atoms with E-state index in [1.807, 2.05) is 79.3 Å². The first-order chi connectivity index (χ1) is 15.1. The number of benzene rings is 2. The first-order valence-electron chi connectivity index (χ1n) is 9.76. The molecule has 2 aromatic heterocycles. The first-order valence-corrected chi connectivity index (χ1v) is 10.5. The van der Waals surface area contributed by atoms with E-state index in [0.29, 0.717) is 17.9 Å². The predicted molar refractivity (Wildman–Crippen MR) is 121 cm³/mol. The molecule has 1 N–H and O–H groups in total. The van der Waals surface area contributed by atoms with Crippen LogP contribution in [0, 0.1) is 6.92 Å². The first kappa shape index (κ1) is 19.2. The Morgan fingerprint density at radius 1 is 1.16 bits per heavy atom. The van der Waals surface area contributed by atoms with Gasteiger partial charge in [0.2, 0.25) is 0 Å². The molecule has 0 unspecified atom stereocenters. The van der Waals surface area contributed by atoms with Crippen LogP contribution in [0.15, 0.2) is 65.4 Å². The minimum Gasteiger partial charge on any atom is -0.488 e. The molecule has 154 valence electrons. The highest BCUT2D eigenvalue weighted by Gasteiger charge is 2.27. The second-order valence-corrected chi connectivity index (χ2v) is 8.02. The fourth-order valence-electron chi connectivity index (χ4n) is 3.66. The molecule has 3 heterocycles. The van der Waals surface area contributed by atoms with Gasteiger partial charge in [0.15, 0.2) is 0 Å². The second-order valence-electron chi connectivity index (χ2n) is 7.27. The molecule has 2 aromatic carbocycles. The van der Waals surface area contributed by atoms with E-state index in [1.165, 1.54) is 11.5 Å². The highest BCUT2D eigenvalue weighted by Crippen LogP contribution is 2.33. The maximum atomic E-state index is 12.6. The highest BCUT2D eigenvalue weighted by molar-refractivity contribution is 7.08. The SMILES string of the molecule is Cc1nnsc1C1=NNC(=O)/C1=C\c1cn(C)c2cccc(OCc3ccccc3)c12. The molecule has 5 rings (SSSR count). The van der Waals surface area contributed by atoms with Gasteiger partial charge in [0, 0.05) is 24.2 Å². The van der Waals surface area contributed by atoms with Crippen molar-refractivity contribution in [3.05, 3.63) is 82.0 Å². The van der Waals surface area contributed by atoms with E-state index in [1.54, 1.807) is 0 Å². The highest BCUT2D eigenvalue weighted by atomic mass is 32.1. The number of hydrazone groups is 1. The summed E-state index contributed by atoms with van der Waals surface area (Å²) in [7, 11) is 1.98. The van der Waals surface area contributed by atoms with Crippen LogP contribution < -0.4 is 10.2 Å². The van der Waals surface area contributed by atoms with Crippen LogP contribution in [0.4, 0.5) is 0 Å². The summed E-state index contributed by atoms with van der Waals surface area (Å²) < 4.78 is 12.2. The number of hydrogen-bond donors (Lipinski definition) is 1. The van der Waals surface area contributed by atoms with Gasteiger partial charge in [-0.1, -0.05) is 40.9 Å². The van der Waals surface area contributed by atoms with Gasteiger partial charge in [-0.05, 0) is 42.2 Å². The third-order valence-electron chi connectivity index (χ3n) is 5.18. The minimum atomic E-state index is -0.248. The molecule has 0 spiro atoms. The zero-order valence-corrected chi connectivity index (χ0v) is 17.8. The largest absolute Gasteiger partial charge is 0.488 e. The standard InChI is InChI=1S/C23H19N5O2S/c1-14-22(31-27-24-14)21-17(23(29)26-25-21)11-16-12-28(2)18-9-6-10-19(20(16)18)30-13-15-7-4-3-5-8-15/h3-12H,13H2,1-2H3,(H,26,29)/b17-11-. The van der Waals surface area contributed by atoms with Crippen LogP contribution in [0.5, 0.6) is 5.75 Å². The van der Waals surface area contributed by atoms with Gasteiger partial charge in [-0.2, -0.15) is 5.10 Å². The Morgan fingerprint density at radius 2 is 2.00 bits per heavy atom. The fourth-order valence-corrected chi connectivity index (χ4v) is 4.32. The summed E-state index contributed by atoms with van der Waals surface area (Å²) in [5.74, 6) is 0.517. The number of carbonyl (C=O) groups excluding carboxylic acids is 1. The molecule has 0 aliphatic carbocycles. The third-order valence-corrected chi connectivity index (χ3v) is 6.01. The summed E-state index contributed by atoms with van der Waals surface area (Å²) in [5.41, 5.74) is 7.36. The Labute approximate surface area is 182 Å². The van der Waals surface area contributed by atoms with Crippen LogP contribution in [0.25, 0.3) is 17.0 Å². The van der Waals surface area contributed by atoms with Gasteiger partial charge in [-0.3, -0.25) is 4.79 Å². The molecule has 0 radical (unpaired) electrons. The molecule has 1 aliphatic rings. The van der Waals surface area contributed by atoms with E-state index in [9.17, 15) is 4.79 Å². The second kappa shape index (κ2) is 7.81. The summed E-state index contributed by atoms with van der Waals surface area (Å²) in [5, 5.41) is 9.22. The Balaban J connectivity index is 1.58. The molecule has 0 fully saturated rings. The maximum Gasteiger partial charge on any atom is 0.273 e. The predicted octanol–water partition coefficient (Wildman–Crippen LogP) is 3.83. The molecule has 0 saturated heterocycles. The van der Waals surface area contributed by atoms with Crippen molar-refractivity contribution in [2.75, 3.05) is 0 Å². The average Bonchev–Trinajstić information content (AvgIpc) is 3.46. The lowest BCUT2D eigenvalue weighted by Crippen LogP contribution is -2.13. The van der Waals surface area contributed by atoms with Crippen LogP contribution in [-0.4, -0.2) is 25.8 Å². The molecule has 0 saturated carbocycles. The average molecular weight is 430 g/mol. The van der Waals surface area contributed by atoms with Crippen molar-refractivity contribution in [1.29, 1.82) is 0 Å². The van der Waals surface area contributed by atoms with Crippen molar-refractivity contribution < 1.29 is 9.53 Å². The number of amides is 1. The number of aromatic nitrogens is 3. The van der Waals surface area contributed by atoms with Gasteiger partial charge < -0.3 is 9.30 Å². The smallest absolute Gasteiger partial charge is 0.273 e. The Bertz CT molecular complexity index is 1350. The van der Waals surface area contributed by atoms with Crippen LogP contribution in [-0.2, 0) is 18.4 Å². The number of aryl methyl sites for hydroxylation is 2. The maximum absolute atomic E-state index is 12.6. The van der Waals surface area contributed by atoms with Crippen molar-refractivity contribution in [3.8, 4) is 5.75 Å². The van der Waals surface area contributed by atoms with Crippen LogP contribution >= 0.6 is 11.5 Å². The lowest BCUT2D eigenvalue weighted by atomic mass is 10.0. The topological polar surface area (TPSA) is 81.4 Å². The number of rotatable bonds is 5. The fraction of sp³-hybridized carbons (Fsp3) is 0.130. The van der Waals surface area contributed by atoms with Crippen molar-refractivity contribution in [2.45, 2.75) is 13.5 Å². The molecule has 0 atom stereocenters. The van der Waals surface area contributed by atoms with E-state index >= 15 is 0 Å². The molecule has 8 heteroatoms. The Morgan fingerprint density at radius 3 is 2.77 bits per heavy atom. The Kier molecular flexibility index (Phi) is 4.83. The Hall–Kier alpha value is -3.78. The summed E-state index contributed by atoms with van der Waals surface area (Å²) >= 11 is 1.23. The molecule has 0 bridgehead atoms. The monoisotopic (exact) mass is 429 g/mol. The van der Waals surface area contributed by atoms with Gasteiger partial charge in [0.25, 0.3) is 5.91 Å². The number of carbonyl (C=O) groups is 1. The number of nitrogens with zero attached hydrogens (tertiary/aromatic N) is 4. The van der Waals surface area contributed by atoms with Gasteiger partial charge in [0.1, 0.15) is 18.1 Å². The van der Waals surface area contributed by atoms with Gasteiger partial charge >= 0.3 is 0 Å². The molecule has 1 aliphatic heterocycles. The minimum absolute atomic E-state index is 0.248. The molecule has 4 aromatic rings. The van der Waals surface area contributed by atoms with Crippen molar-refractivity contribution in [3.63, 3.8) is 0 Å². The van der Waals surface area contributed by atoms with Crippen LogP contribution in [0.2, 0.25) is 0 Å². The lowest BCUT2D eigenvalue weighted by Gasteiger charge is -2.09. The van der Waals surface area contributed by atoms with E-state index < -0.39 is 0 Å². The zero-order valence-electron chi connectivity index (χ0n) is 17.0. The van der Waals surface area contributed by atoms with Gasteiger partial charge in [0.05, 0.1) is 21.7 Å². The van der Waals surface area contributed by atoms with E-state index in [2.05, 4.69) is 20.1 Å². The van der Waals surface area contributed by atoms with E-state index in [-0.39, 0.29) is 5.91 Å². The number of nitrogens with one attached hydrogen (secondary N) is 1. The summed E-state index contributed by atoms with van der Waals surface area (Å²) in [6.07, 6.45) is 3.85. The normalized spacial score (nSPS) is 14.8. The van der Waals surface area contributed by atoms with Gasteiger partial charge in [-0.15, -0.1) is 5.10 Å². The van der Waals surface area contributed by atoms with Crippen molar-refractivity contribution in [2.24, 2.45) is 12.1 Å². The van der Waals surface area contributed by atoms with E-state index in [0.717, 1.165) is 38.4 Å². The summed E-state index contributed by atoms with van der Waals surface area (Å²) in [6, 6.07) is 16.0.